The van der Waals surface area contributed by atoms with E-state index in [1.165, 1.54) is 4.57 Å². The second kappa shape index (κ2) is 9.36. The van der Waals surface area contributed by atoms with Crippen molar-refractivity contribution in [2.75, 3.05) is 12.3 Å². The number of alkyl halides is 1. The Hall–Kier alpha value is -0.756. The zero-order valence-corrected chi connectivity index (χ0v) is 24.1. The number of nitrogens with two attached hydrogens (primary N) is 1. The van der Waals surface area contributed by atoms with Crippen LogP contribution in [0.4, 0.5) is 5.82 Å². The second-order valence-corrected chi connectivity index (χ2v) is 20.4. The summed E-state index contributed by atoms with van der Waals surface area (Å²) >= 11 is 7.17. The van der Waals surface area contributed by atoms with Crippen molar-refractivity contribution >= 4 is 34.5 Å². The minimum absolute atomic E-state index is 0.153. The predicted octanol–water partition coefficient (Wildman–Crippen LogP) is 4.68. The molecule has 2 N–H and O–H groups in total. The third kappa shape index (κ3) is 4.48. The zero-order chi connectivity index (χ0) is 24.9. The average Bonchev–Trinajstić information content (AvgIpc) is 2.90. The molecule has 3 rings (SSSR count). The van der Waals surface area contributed by atoms with Crippen LogP contribution in [-0.2, 0) is 17.7 Å². The summed E-state index contributed by atoms with van der Waals surface area (Å²) in [6.45, 7) is 19.5. The van der Waals surface area contributed by atoms with Gasteiger partial charge in [0.2, 0.25) is 0 Å². The molecule has 0 unspecified atom stereocenters. The minimum Gasteiger partial charge on any atom is -0.414 e. The molecule has 3 heterocycles. The number of nitrogens with zero attached hydrogens (tertiary/aromatic N) is 2. The first-order valence-corrected chi connectivity index (χ1v) is 16.2. The van der Waals surface area contributed by atoms with E-state index in [-0.39, 0.29) is 28.0 Å². The molecule has 0 aromatic carbocycles. The fourth-order valence-electron chi connectivity index (χ4n) is 5.26. The van der Waals surface area contributed by atoms with Crippen molar-refractivity contribution in [2.24, 2.45) is 0 Å². The minimum atomic E-state index is -2.86. The molecule has 0 bridgehead atoms. The fourth-order valence-corrected chi connectivity index (χ4v) is 17.0. The highest BCUT2D eigenvalue weighted by molar-refractivity contribution is 6.84. The molecule has 8 nitrogen and oxygen atoms in total. The molecule has 2 aliphatic heterocycles. The van der Waals surface area contributed by atoms with Crippen molar-refractivity contribution in [1.82, 2.24) is 9.55 Å². The molecule has 1 aromatic rings. The highest BCUT2D eigenvalue weighted by Gasteiger charge is 2.64. The van der Waals surface area contributed by atoms with E-state index < -0.39 is 46.1 Å². The molecular weight excluding hydrogens is 478 g/mol. The average molecular weight is 518 g/mol. The number of nitrogen functional groups attached to an aromatic ring is 1. The monoisotopic (exact) mass is 517 g/mol. The van der Waals surface area contributed by atoms with E-state index in [0.29, 0.717) is 6.61 Å². The molecule has 11 heteroatoms. The predicted molar refractivity (Wildman–Crippen MR) is 135 cm³/mol. The number of fused-ring (bicyclic) bond motifs is 1. The van der Waals surface area contributed by atoms with Gasteiger partial charge < -0.3 is 23.4 Å². The summed E-state index contributed by atoms with van der Waals surface area (Å²) < 4.78 is 28.8. The van der Waals surface area contributed by atoms with Crippen LogP contribution < -0.4 is 11.4 Å². The van der Waals surface area contributed by atoms with Crippen molar-refractivity contribution in [2.45, 2.75) is 108 Å². The fraction of sp³-hybridized carbons (Fsp3) is 0.818. The number of aromatic nitrogens is 2. The molecule has 2 saturated heterocycles. The topological polar surface area (TPSA) is 97.8 Å². The zero-order valence-electron chi connectivity index (χ0n) is 21.3. The highest BCUT2D eigenvalue weighted by Crippen LogP contribution is 2.52. The standard InChI is InChI=1S/C22H40ClN3O5Si2/c1-13(2)32(14(3)4)28-12-17-19(30-33(31-32,15(5)6)16(7)8)22(9,23)20(29-17)26-11-10-18(24)25-21(26)27/h10-11,13-17,19-20H,12H2,1-9H3,(H2,24,25,27)/t17-,19-,20-,22-/m1/s1. The van der Waals surface area contributed by atoms with E-state index in [4.69, 9.17) is 35.0 Å². The van der Waals surface area contributed by atoms with E-state index in [2.05, 4.69) is 60.4 Å². The lowest BCUT2D eigenvalue weighted by Gasteiger charge is -2.52. The van der Waals surface area contributed by atoms with Crippen molar-refractivity contribution in [3.8, 4) is 0 Å². The largest absolute Gasteiger partial charge is 0.414 e. The van der Waals surface area contributed by atoms with Gasteiger partial charge in [-0.15, -0.1) is 11.6 Å². The molecule has 1 aromatic heterocycles. The smallest absolute Gasteiger partial charge is 0.351 e. The third-order valence-electron chi connectivity index (χ3n) is 7.11. The summed E-state index contributed by atoms with van der Waals surface area (Å²) in [6.07, 6.45) is -0.170. The Labute approximate surface area is 204 Å². The van der Waals surface area contributed by atoms with E-state index in [1.807, 2.05) is 6.92 Å². The van der Waals surface area contributed by atoms with Gasteiger partial charge in [-0.2, -0.15) is 4.98 Å². The van der Waals surface area contributed by atoms with Crippen molar-refractivity contribution in [3.05, 3.63) is 22.7 Å². The first kappa shape index (κ1) is 26.8. The lowest BCUT2D eigenvalue weighted by molar-refractivity contribution is -0.0569. The molecule has 0 radical (unpaired) electrons. The maximum Gasteiger partial charge on any atom is 0.351 e. The SMILES string of the molecule is CC(C)[Si]1(C(C)C)OC[C@H]2O[C@@H](n3ccc(N)nc3=O)[C@](C)(Cl)[C@@H]2O[Si](C(C)C)(C(C)C)O1. The first-order chi connectivity index (χ1) is 15.2. The van der Waals surface area contributed by atoms with Crippen LogP contribution in [0.25, 0.3) is 0 Å². The quantitative estimate of drug-likeness (QED) is 0.447. The summed E-state index contributed by atoms with van der Waals surface area (Å²) in [5.74, 6) is 0.153. The maximum absolute atomic E-state index is 12.6. The summed E-state index contributed by atoms with van der Waals surface area (Å²) in [5.41, 5.74) is 5.96. The van der Waals surface area contributed by atoms with Gasteiger partial charge in [0.05, 0.1) is 12.7 Å². The summed E-state index contributed by atoms with van der Waals surface area (Å²) in [7, 11) is -5.55. The number of halogens is 1. The van der Waals surface area contributed by atoms with Crippen LogP contribution >= 0.6 is 11.6 Å². The van der Waals surface area contributed by atoms with E-state index in [1.54, 1.807) is 12.3 Å². The molecule has 0 saturated carbocycles. The summed E-state index contributed by atoms with van der Waals surface area (Å²) in [5, 5.41) is 0. The molecule has 0 amide bonds. The van der Waals surface area contributed by atoms with Gasteiger partial charge in [0, 0.05) is 6.20 Å². The van der Waals surface area contributed by atoms with Crippen LogP contribution in [-0.4, -0.2) is 50.4 Å². The van der Waals surface area contributed by atoms with Gasteiger partial charge >= 0.3 is 22.8 Å². The van der Waals surface area contributed by atoms with Crippen molar-refractivity contribution in [3.63, 3.8) is 0 Å². The Kier molecular flexibility index (Phi) is 7.62. The van der Waals surface area contributed by atoms with Crippen LogP contribution in [0.15, 0.2) is 17.1 Å². The molecule has 4 atom stereocenters. The Morgan fingerprint density at radius 2 is 1.64 bits per heavy atom. The van der Waals surface area contributed by atoms with Gasteiger partial charge in [0.1, 0.15) is 16.8 Å². The van der Waals surface area contributed by atoms with Gasteiger partial charge in [-0.05, 0) is 35.2 Å². The molecule has 2 fully saturated rings. The van der Waals surface area contributed by atoms with Crippen LogP contribution in [0.1, 0.15) is 68.5 Å². The molecule has 188 valence electrons. The Morgan fingerprint density at radius 1 is 1.09 bits per heavy atom. The number of ether oxygens (including phenoxy) is 1. The summed E-state index contributed by atoms with van der Waals surface area (Å²) in [4.78, 5) is 15.4. The number of rotatable bonds is 5. The maximum atomic E-state index is 12.6. The van der Waals surface area contributed by atoms with E-state index in [9.17, 15) is 4.79 Å². The van der Waals surface area contributed by atoms with Gasteiger partial charge in [-0.25, -0.2) is 4.79 Å². The van der Waals surface area contributed by atoms with Crippen LogP contribution in [0.5, 0.6) is 0 Å². The first-order valence-electron chi connectivity index (χ1n) is 11.9. The molecular formula is C22H40ClN3O5Si2. The molecule has 0 spiro atoms. The number of hydrogen-bond acceptors (Lipinski definition) is 7. The van der Waals surface area contributed by atoms with Gasteiger partial charge in [-0.3, -0.25) is 4.57 Å². The second-order valence-electron chi connectivity index (χ2n) is 10.7. The van der Waals surface area contributed by atoms with Gasteiger partial charge in [0.25, 0.3) is 0 Å². The normalized spacial score (nSPS) is 31.8. The van der Waals surface area contributed by atoms with Crippen LogP contribution in [0.2, 0.25) is 22.2 Å². The summed E-state index contributed by atoms with van der Waals surface area (Å²) in [6, 6.07) is 1.56. The molecule has 0 aliphatic carbocycles. The van der Waals surface area contributed by atoms with Gasteiger partial charge in [-0.1, -0.05) is 55.4 Å². The van der Waals surface area contributed by atoms with Crippen molar-refractivity contribution in [1.29, 1.82) is 0 Å². The lowest BCUT2D eigenvalue weighted by atomic mass is 10.0. The van der Waals surface area contributed by atoms with Crippen LogP contribution in [0, 0.1) is 0 Å². The van der Waals surface area contributed by atoms with E-state index in [0.717, 1.165) is 0 Å². The number of anilines is 1. The molecule has 2 aliphatic rings. The highest BCUT2D eigenvalue weighted by atomic mass is 35.5. The lowest BCUT2D eigenvalue weighted by Crippen LogP contribution is -2.66. The van der Waals surface area contributed by atoms with Gasteiger partial charge in [0.15, 0.2) is 6.23 Å². The number of hydrogen-bond donors (Lipinski definition) is 1. The Bertz CT molecular complexity index is 892. The Morgan fingerprint density at radius 3 is 2.12 bits per heavy atom. The molecule has 33 heavy (non-hydrogen) atoms. The van der Waals surface area contributed by atoms with Crippen LogP contribution in [0.3, 0.4) is 0 Å². The van der Waals surface area contributed by atoms with E-state index >= 15 is 0 Å². The van der Waals surface area contributed by atoms with Crippen molar-refractivity contribution < 1.29 is 17.7 Å². The third-order valence-corrected chi connectivity index (χ3v) is 17.7. The Balaban J connectivity index is 2.13.